The summed E-state index contributed by atoms with van der Waals surface area (Å²) in [5, 5.41) is 0. The van der Waals surface area contributed by atoms with Crippen molar-refractivity contribution in [3.63, 3.8) is 0 Å². The van der Waals surface area contributed by atoms with Crippen molar-refractivity contribution in [2.75, 3.05) is 24.5 Å². The van der Waals surface area contributed by atoms with Crippen LogP contribution in [0.4, 0.5) is 5.69 Å². The van der Waals surface area contributed by atoms with Crippen LogP contribution in [0.15, 0.2) is 48.5 Å². The lowest BCUT2D eigenvalue weighted by Gasteiger charge is -2.27. The van der Waals surface area contributed by atoms with Crippen molar-refractivity contribution < 1.29 is 0 Å². The Morgan fingerprint density at radius 3 is 2.68 bits per heavy atom. The van der Waals surface area contributed by atoms with Gasteiger partial charge in [-0.15, -0.1) is 0 Å². The zero-order valence-electron chi connectivity index (χ0n) is 13.3. The summed E-state index contributed by atoms with van der Waals surface area (Å²) in [6.45, 7) is 6.84. The predicted molar refractivity (Wildman–Crippen MR) is 92.4 cm³/mol. The monoisotopic (exact) mass is 292 g/mol. The normalized spacial score (nSPS) is 21.3. The third kappa shape index (κ3) is 2.64. The molecule has 1 fully saturated rings. The summed E-state index contributed by atoms with van der Waals surface area (Å²) in [5.41, 5.74) is 5.79. The van der Waals surface area contributed by atoms with E-state index >= 15 is 0 Å². The molecule has 0 radical (unpaired) electrons. The summed E-state index contributed by atoms with van der Waals surface area (Å²) in [7, 11) is 0. The second-order valence-corrected chi connectivity index (χ2v) is 6.75. The lowest BCUT2D eigenvalue weighted by molar-refractivity contribution is 0.265. The number of nitrogens with zero attached hydrogens (tertiary/aromatic N) is 2. The van der Waals surface area contributed by atoms with Crippen molar-refractivity contribution in [3.05, 3.63) is 65.2 Å². The van der Waals surface area contributed by atoms with Gasteiger partial charge in [-0.25, -0.2) is 0 Å². The second kappa shape index (κ2) is 5.77. The van der Waals surface area contributed by atoms with E-state index < -0.39 is 0 Å². The van der Waals surface area contributed by atoms with Gasteiger partial charge in [0.05, 0.1) is 0 Å². The molecule has 114 valence electrons. The van der Waals surface area contributed by atoms with Crippen molar-refractivity contribution in [2.45, 2.75) is 32.4 Å². The van der Waals surface area contributed by atoms with Gasteiger partial charge >= 0.3 is 0 Å². The van der Waals surface area contributed by atoms with Gasteiger partial charge in [0.2, 0.25) is 0 Å². The summed E-state index contributed by atoms with van der Waals surface area (Å²) in [5.74, 6) is 0. The Morgan fingerprint density at radius 2 is 1.82 bits per heavy atom. The Morgan fingerprint density at radius 1 is 1.00 bits per heavy atom. The topological polar surface area (TPSA) is 6.48 Å². The van der Waals surface area contributed by atoms with E-state index in [0.29, 0.717) is 6.04 Å². The van der Waals surface area contributed by atoms with Gasteiger partial charge in [0, 0.05) is 37.9 Å². The first-order valence-corrected chi connectivity index (χ1v) is 8.42. The van der Waals surface area contributed by atoms with Gasteiger partial charge in [-0.1, -0.05) is 48.0 Å². The molecule has 2 aromatic carbocycles. The van der Waals surface area contributed by atoms with Gasteiger partial charge in [-0.05, 0) is 37.0 Å². The standard InChI is InChI=1S/C20H24N2/c1-16-7-9-17(10-8-16)14-21-11-4-12-22-19(15-21)13-18-5-2-3-6-20(18)22/h2-3,5-10,19H,4,11-15H2,1H3. The van der Waals surface area contributed by atoms with E-state index in [9.17, 15) is 0 Å². The highest BCUT2D eigenvalue weighted by Crippen LogP contribution is 2.33. The van der Waals surface area contributed by atoms with Gasteiger partial charge in [0.15, 0.2) is 0 Å². The Balaban J connectivity index is 1.49. The van der Waals surface area contributed by atoms with Gasteiger partial charge < -0.3 is 4.90 Å². The molecule has 0 aromatic heterocycles. The number of benzene rings is 2. The third-order valence-electron chi connectivity index (χ3n) is 5.07. The fourth-order valence-electron chi connectivity index (χ4n) is 3.94. The van der Waals surface area contributed by atoms with Crippen LogP contribution in [0.1, 0.15) is 23.1 Å². The van der Waals surface area contributed by atoms with Crippen molar-refractivity contribution in [1.82, 2.24) is 4.90 Å². The molecule has 1 atom stereocenters. The number of para-hydroxylation sites is 1. The van der Waals surface area contributed by atoms with Gasteiger partial charge in [-0.3, -0.25) is 4.90 Å². The molecule has 2 heterocycles. The molecule has 0 bridgehead atoms. The minimum atomic E-state index is 0.658. The third-order valence-corrected chi connectivity index (χ3v) is 5.07. The van der Waals surface area contributed by atoms with Crippen LogP contribution in [-0.2, 0) is 13.0 Å². The fraction of sp³-hybridized carbons (Fsp3) is 0.400. The van der Waals surface area contributed by atoms with Crippen LogP contribution >= 0.6 is 0 Å². The molecule has 4 rings (SSSR count). The molecular formula is C20H24N2. The minimum Gasteiger partial charge on any atom is -0.367 e. The van der Waals surface area contributed by atoms with Crippen molar-refractivity contribution >= 4 is 5.69 Å². The molecular weight excluding hydrogens is 268 g/mol. The summed E-state index contributed by atoms with van der Waals surface area (Å²) >= 11 is 0. The average molecular weight is 292 g/mol. The first-order valence-electron chi connectivity index (χ1n) is 8.42. The molecule has 22 heavy (non-hydrogen) atoms. The summed E-state index contributed by atoms with van der Waals surface area (Å²) < 4.78 is 0. The van der Waals surface area contributed by atoms with E-state index in [0.717, 1.165) is 6.54 Å². The van der Waals surface area contributed by atoms with Gasteiger partial charge in [-0.2, -0.15) is 0 Å². The van der Waals surface area contributed by atoms with Crippen LogP contribution in [0.3, 0.4) is 0 Å². The molecule has 2 nitrogen and oxygen atoms in total. The lowest BCUT2D eigenvalue weighted by atomic mass is 10.1. The van der Waals surface area contributed by atoms with Crippen LogP contribution in [0, 0.1) is 6.92 Å². The Hall–Kier alpha value is -1.80. The number of fused-ring (bicyclic) bond motifs is 3. The molecule has 0 spiro atoms. The maximum absolute atomic E-state index is 2.64. The van der Waals surface area contributed by atoms with Crippen molar-refractivity contribution in [1.29, 1.82) is 0 Å². The van der Waals surface area contributed by atoms with Crippen LogP contribution in [0.5, 0.6) is 0 Å². The average Bonchev–Trinajstić information content (AvgIpc) is 2.75. The lowest BCUT2D eigenvalue weighted by Crippen LogP contribution is -2.38. The smallest absolute Gasteiger partial charge is 0.0458 e. The van der Waals surface area contributed by atoms with Gasteiger partial charge in [0.25, 0.3) is 0 Å². The predicted octanol–water partition coefficient (Wildman–Crippen LogP) is 3.63. The van der Waals surface area contributed by atoms with E-state index in [4.69, 9.17) is 0 Å². The summed E-state index contributed by atoms with van der Waals surface area (Å²) in [6, 6.07) is 18.6. The number of aryl methyl sites for hydroxylation is 1. The van der Waals surface area contributed by atoms with Crippen LogP contribution < -0.4 is 4.90 Å². The Bertz CT molecular complexity index is 647. The molecule has 1 unspecified atom stereocenters. The molecule has 2 aliphatic heterocycles. The first-order chi connectivity index (χ1) is 10.8. The van der Waals surface area contributed by atoms with Crippen LogP contribution in [-0.4, -0.2) is 30.6 Å². The highest BCUT2D eigenvalue weighted by molar-refractivity contribution is 5.59. The minimum absolute atomic E-state index is 0.658. The largest absolute Gasteiger partial charge is 0.367 e. The Labute approximate surface area is 133 Å². The summed E-state index contributed by atoms with van der Waals surface area (Å²) in [4.78, 5) is 5.28. The molecule has 1 saturated heterocycles. The summed E-state index contributed by atoms with van der Waals surface area (Å²) in [6.07, 6.45) is 2.47. The number of hydrogen-bond donors (Lipinski definition) is 0. The molecule has 0 amide bonds. The maximum Gasteiger partial charge on any atom is 0.0458 e. The molecule has 2 aromatic rings. The zero-order valence-corrected chi connectivity index (χ0v) is 13.3. The first kappa shape index (κ1) is 13.8. The SMILES string of the molecule is Cc1ccc(CN2CCCN3c4ccccc4CC3C2)cc1. The van der Waals surface area contributed by atoms with Crippen molar-refractivity contribution in [2.24, 2.45) is 0 Å². The molecule has 0 N–H and O–H groups in total. The van der Waals surface area contributed by atoms with E-state index in [1.807, 2.05) is 0 Å². The van der Waals surface area contributed by atoms with Crippen LogP contribution in [0.25, 0.3) is 0 Å². The molecule has 2 heteroatoms. The zero-order chi connectivity index (χ0) is 14.9. The van der Waals surface area contributed by atoms with Crippen molar-refractivity contribution in [3.8, 4) is 0 Å². The Kier molecular flexibility index (Phi) is 3.63. The highest BCUT2D eigenvalue weighted by atomic mass is 15.3. The number of hydrogen-bond acceptors (Lipinski definition) is 2. The van der Waals surface area contributed by atoms with E-state index in [-0.39, 0.29) is 0 Å². The molecule has 2 aliphatic rings. The van der Waals surface area contributed by atoms with Gasteiger partial charge in [0.1, 0.15) is 0 Å². The molecule has 0 aliphatic carbocycles. The number of rotatable bonds is 2. The molecule has 0 saturated carbocycles. The highest BCUT2D eigenvalue weighted by Gasteiger charge is 2.31. The van der Waals surface area contributed by atoms with E-state index in [2.05, 4.69) is 65.3 Å². The van der Waals surface area contributed by atoms with E-state index in [1.165, 1.54) is 54.9 Å². The van der Waals surface area contributed by atoms with E-state index in [1.54, 1.807) is 0 Å². The fourth-order valence-corrected chi connectivity index (χ4v) is 3.94. The number of anilines is 1. The maximum atomic E-state index is 2.64. The quantitative estimate of drug-likeness (QED) is 0.834. The van der Waals surface area contributed by atoms with Crippen LogP contribution in [0.2, 0.25) is 0 Å². The second-order valence-electron chi connectivity index (χ2n) is 6.75.